The van der Waals surface area contributed by atoms with Gasteiger partial charge in [-0.3, -0.25) is 4.90 Å². The van der Waals surface area contributed by atoms with E-state index in [4.69, 9.17) is 10.5 Å². The molecule has 0 radical (unpaired) electrons. The van der Waals surface area contributed by atoms with E-state index in [1.807, 2.05) is 26.8 Å². The van der Waals surface area contributed by atoms with Crippen LogP contribution in [0, 0.1) is 0 Å². The predicted molar refractivity (Wildman–Crippen MR) is 63.9 cm³/mol. The molecule has 0 aromatic rings. The molecule has 92 valence electrons. The lowest BCUT2D eigenvalue weighted by atomic mass is 10.1. The van der Waals surface area contributed by atoms with Crippen LogP contribution in [0.2, 0.25) is 0 Å². The second-order valence-corrected chi connectivity index (χ2v) is 5.02. The largest absolute Gasteiger partial charge is 0.443 e. The summed E-state index contributed by atoms with van der Waals surface area (Å²) in [5.41, 5.74) is 6.05. The van der Waals surface area contributed by atoms with E-state index in [1.165, 1.54) is 0 Å². The zero-order valence-electron chi connectivity index (χ0n) is 10.5. The summed E-state index contributed by atoms with van der Waals surface area (Å²) in [5, 5.41) is 0. The molecule has 0 saturated carbocycles. The van der Waals surface area contributed by atoms with Gasteiger partial charge in [-0.1, -0.05) is 6.08 Å². The third kappa shape index (κ3) is 3.85. The summed E-state index contributed by atoms with van der Waals surface area (Å²) in [5.74, 6) is 0. The number of hydrogen-bond acceptors (Lipinski definition) is 3. The van der Waals surface area contributed by atoms with Crippen LogP contribution in [0.25, 0.3) is 0 Å². The van der Waals surface area contributed by atoms with Crippen molar-refractivity contribution in [2.45, 2.75) is 45.6 Å². The number of amides is 1. The van der Waals surface area contributed by atoms with E-state index in [1.54, 1.807) is 4.90 Å². The maximum Gasteiger partial charge on any atom is 0.414 e. The predicted octanol–water partition coefficient (Wildman–Crippen LogP) is 2.25. The van der Waals surface area contributed by atoms with Crippen LogP contribution in [0.5, 0.6) is 0 Å². The van der Waals surface area contributed by atoms with E-state index in [0.717, 1.165) is 31.5 Å². The van der Waals surface area contributed by atoms with E-state index in [0.29, 0.717) is 6.54 Å². The molecule has 16 heavy (non-hydrogen) atoms. The maximum absolute atomic E-state index is 11.9. The Morgan fingerprint density at radius 2 is 2.19 bits per heavy atom. The van der Waals surface area contributed by atoms with E-state index in [2.05, 4.69) is 0 Å². The topological polar surface area (TPSA) is 55.6 Å². The molecule has 0 aromatic heterocycles. The Hall–Kier alpha value is -1.03. The number of rotatable bonds is 1. The molecule has 1 fully saturated rings. The molecule has 0 unspecified atom stereocenters. The molecule has 0 aliphatic carbocycles. The highest BCUT2D eigenvalue weighted by molar-refractivity contribution is 5.70. The Labute approximate surface area is 97.4 Å². The lowest BCUT2D eigenvalue weighted by Crippen LogP contribution is -2.38. The minimum absolute atomic E-state index is 0.257. The molecule has 1 aliphatic rings. The highest BCUT2D eigenvalue weighted by Gasteiger charge is 2.26. The number of nitrogens with zero attached hydrogens (tertiary/aromatic N) is 1. The molecule has 1 amide bonds. The van der Waals surface area contributed by atoms with E-state index in [9.17, 15) is 4.79 Å². The second kappa shape index (κ2) is 5.34. The van der Waals surface area contributed by atoms with Gasteiger partial charge < -0.3 is 10.5 Å². The molecule has 1 rings (SSSR count). The van der Waals surface area contributed by atoms with Gasteiger partial charge >= 0.3 is 6.09 Å². The Kier molecular flexibility index (Phi) is 4.35. The normalized spacial score (nSPS) is 20.0. The van der Waals surface area contributed by atoms with E-state index in [-0.39, 0.29) is 6.09 Å². The first-order chi connectivity index (χ1) is 7.44. The third-order valence-corrected chi connectivity index (χ3v) is 2.38. The number of piperidine rings is 1. The zero-order chi connectivity index (χ0) is 12.2. The molecule has 1 aliphatic heterocycles. The van der Waals surface area contributed by atoms with Gasteiger partial charge in [-0.05, 0) is 40.0 Å². The van der Waals surface area contributed by atoms with Crippen molar-refractivity contribution < 1.29 is 9.53 Å². The van der Waals surface area contributed by atoms with Gasteiger partial charge in [-0.25, -0.2) is 4.79 Å². The van der Waals surface area contributed by atoms with Crippen LogP contribution in [-0.2, 0) is 4.74 Å². The molecule has 4 heteroatoms. The fraction of sp³-hybridized carbons (Fsp3) is 0.750. The number of ether oxygens (including phenoxy) is 1. The SMILES string of the molecule is CC(C)(C)OC(=O)N1CCCCC1=CCN. The molecule has 4 nitrogen and oxygen atoms in total. The first-order valence-corrected chi connectivity index (χ1v) is 5.83. The Morgan fingerprint density at radius 3 is 2.75 bits per heavy atom. The first-order valence-electron chi connectivity index (χ1n) is 5.83. The quantitative estimate of drug-likeness (QED) is 0.746. The van der Waals surface area contributed by atoms with Crippen LogP contribution < -0.4 is 5.73 Å². The Balaban J connectivity index is 2.68. The van der Waals surface area contributed by atoms with Crippen molar-refractivity contribution in [3.05, 3.63) is 11.8 Å². The van der Waals surface area contributed by atoms with Gasteiger partial charge in [0.05, 0.1) is 0 Å². The van der Waals surface area contributed by atoms with Gasteiger partial charge in [0.1, 0.15) is 5.60 Å². The fourth-order valence-corrected chi connectivity index (χ4v) is 1.73. The van der Waals surface area contributed by atoms with Crippen molar-refractivity contribution in [1.82, 2.24) is 4.90 Å². The zero-order valence-corrected chi connectivity index (χ0v) is 10.5. The van der Waals surface area contributed by atoms with E-state index < -0.39 is 5.60 Å². The monoisotopic (exact) mass is 226 g/mol. The van der Waals surface area contributed by atoms with Crippen LogP contribution in [-0.4, -0.2) is 29.7 Å². The smallest absolute Gasteiger partial charge is 0.414 e. The van der Waals surface area contributed by atoms with Gasteiger partial charge in [-0.2, -0.15) is 0 Å². The number of carbonyl (C=O) groups is 1. The highest BCUT2D eigenvalue weighted by Crippen LogP contribution is 2.22. The minimum Gasteiger partial charge on any atom is -0.443 e. The number of nitrogens with two attached hydrogens (primary N) is 1. The molecule has 0 atom stereocenters. The summed E-state index contributed by atoms with van der Waals surface area (Å²) >= 11 is 0. The summed E-state index contributed by atoms with van der Waals surface area (Å²) in [7, 11) is 0. The summed E-state index contributed by atoms with van der Waals surface area (Å²) in [6, 6.07) is 0. The molecular weight excluding hydrogens is 204 g/mol. The van der Waals surface area contributed by atoms with Crippen molar-refractivity contribution in [3.63, 3.8) is 0 Å². The van der Waals surface area contributed by atoms with Gasteiger partial charge in [0.2, 0.25) is 0 Å². The Morgan fingerprint density at radius 1 is 1.50 bits per heavy atom. The van der Waals surface area contributed by atoms with Crippen molar-refractivity contribution in [2.24, 2.45) is 5.73 Å². The van der Waals surface area contributed by atoms with Crippen LogP contribution in [0.15, 0.2) is 11.8 Å². The fourth-order valence-electron chi connectivity index (χ4n) is 1.73. The van der Waals surface area contributed by atoms with Crippen molar-refractivity contribution in [3.8, 4) is 0 Å². The van der Waals surface area contributed by atoms with Gasteiger partial charge in [0.15, 0.2) is 0 Å². The standard InChI is InChI=1S/C12H22N2O2/c1-12(2,3)16-11(15)14-9-5-4-6-10(14)7-8-13/h7H,4-6,8-9,13H2,1-3H3. The first kappa shape index (κ1) is 13.0. The summed E-state index contributed by atoms with van der Waals surface area (Å²) in [4.78, 5) is 13.6. The summed E-state index contributed by atoms with van der Waals surface area (Å²) in [6.45, 7) is 6.83. The molecular formula is C12H22N2O2. The third-order valence-electron chi connectivity index (χ3n) is 2.38. The number of carbonyl (C=O) groups excluding carboxylic acids is 1. The van der Waals surface area contributed by atoms with Gasteiger partial charge in [0.25, 0.3) is 0 Å². The molecule has 1 saturated heterocycles. The minimum atomic E-state index is -0.442. The maximum atomic E-state index is 11.9. The Bertz CT molecular complexity index is 279. The lowest BCUT2D eigenvalue weighted by molar-refractivity contribution is 0.0286. The summed E-state index contributed by atoms with van der Waals surface area (Å²) < 4.78 is 5.36. The van der Waals surface area contributed by atoms with Gasteiger partial charge in [-0.15, -0.1) is 0 Å². The van der Waals surface area contributed by atoms with Crippen molar-refractivity contribution in [1.29, 1.82) is 0 Å². The highest BCUT2D eigenvalue weighted by atomic mass is 16.6. The number of hydrogen-bond donors (Lipinski definition) is 1. The number of likely N-dealkylation sites (tertiary alicyclic amines) is 1. The molecule has 2 N–H and O–H groups in total. The summed E-state index contributed by atoms with van der Waals surface area (Å²) in [6.07, 6.45) is 4.71. The number of allylic oxidation sites excluding steroid dienone is 1. The van der Waals surface area contributed by atoms with Crippen molar-refractivity contribution in [2.75, 3.05) is 13.1 Å². The second-order valence-electron chi connectivity index (χ2n) is 5.02. The molecule has 0 bridgehead atoms. The lowest BCUT2D eigenvalue weighted by Gasteiger charge is -2.32. The molecule has 0 spiro atoms. The van der Waals surface area contributed by atoms with Gasteiger partial charge in [0, 0.05) is 18.8 Å². The van der Waals surface area contributed by atoms with Crippen LogP contribution in [0.4, 0.5) is 4.79 Å². The molecule has 0 aromatic carbocycles. The van der Waals surface area contributed by atoms with Crippen molar-refractivity contribution >= 4 is 6.09 Å². The van der Waals surface area contributed by atoms with E-state index >= 15 is 0 Å². The van der Waals surface area contributed by atoms with Crippen LogP contribution >= 0.6 is 0 Å². The molecule has 1 heterocycles. The van der Waals surface area contributed by atoms with Crippen LogP contribution in [0.3, 0.4) is 0 Å². The van der Waals surface area contributed by atoms with Crippen LogP contribution in [0.1, 0.15) is 40.0 Å². The average Bonchev–Trinajstić information content (AvgIpc) is 2.16. The average molecular weight is 226 g/mol.